The Morgan fingerprint density at radius 1 is 1.00 bits per heavy atom. The summed E-state index contributed by atoms with van der Waals surface area (Å²) in [6.45, 7) is 4.99. The number of halogens is 2. The number of benzene rings is 2. The van der Waals surface area contributed by atoms with Crippen LogP contribution in [-0.2, 0) is 6.54 Å². The van der Waals surface area contributed by atoms with Gasteiger partial charge in [-0.15, -0.1) is 0 Å². The molecule has 0 bridgehead atoms. The van der Waals surface area contributed by atoms with Crippen LogP contribution >= 0.6 is 23.2 Å². The van der Waals surface area contributed by atoms with E-state index in [9.17, 15) is 0 Å². The molecule has 4 rings (SSSR count). The Morgan fingerprint density at radius 3 is 2.40 bits per heavy atom. The van der Waals surface area contributed by atoms with Crippen molar-refractivity contribution in [1.82, 2.24) is 9.55 Å². The first-order valence-electron chi connectivity index (χ1n) is 8.29. The van der Waals surface area contributed by atoms with Gasteiger partial charge < -0.3 is 4.57 Å². The summed E-state index contributed by atoms with van der Waals surface area (Å²) in [4.78, 5) is 4.86. The average Bonchev–Trinajstić information content (AvgIpc) is 3.15. The molecule has 0 spiro atoms. The summed E-state index contributed by atoms with van der Waals surface area (Å²) in [5.74, 6) is 0.988. The molecule has 1 aromatic heterocycles. The van der Waals surface area contributed by atoms with E-state index in [1.165, 1.54) is 22.3 Å². The quantitative estimate of drug-likeness (QED) is 0.520. The summed E-state index contributed by atoms with van der Waals surface area (Å²) >= 11 is 12.5. The third-order valence-electron chi connectivity index (χ3n) is 4.58. The number of rotatable bonds is 3. The molecule has 0 fully saturated rings. The van der Waals surface area contributed by atoms with Crippen molar-refractivity contribution in [3.05, 3.63) is 81.1 Å². The lowest BCUT2D eigenvalue weighted by Crippen LogP contribution is -2.04. The maximum atomic E-state index is 6.28. The SMILES string of the molecule is CC1=CC=C(c2nc3cc(Cl)c(Cl)cc3n2Cc2ccc(C)cc2)C1. The molecular formula is C21H18Cl2N2. The standard InChI is InChI=1S/C21H18Cl2N2/c1-13-3-6-15(7-4-13)12-25-20-11-18(23)17(22)10-19(20)24-21(25)16-8-5-14(2)9-16/h3-8,10-11H,9,12H2,1-2H3. The van der Waals surface area contributed by atoms with Gasteiger partial charge in [0.05, 0.1) is 21.1 Å². The molecule has 1 aliphatic rings. The van der Waals surface area contributed by atoms with Gasteiger partial charge in [0.2, 0.25) is 0 Å². The Hall–Kier alpha value is -2.03. The molecule has 0 amide bonds. The minimum Gasteiger partial charge on any atom is -0.320 e. The maximum absolute atomic E-state index is 6.28. The van der Waals surface area contributed by atoms with E-state index in [0.717, 1.165) is 29.8 Å². The molecule has 1 heterocycles. The zero-order chi connectivity index (χ0) is 17.6. The number of allylic oxidation sites excluding steroid dienone is 4. The van der Waals surface area contributed by atoms with Gasteiger partial charge in [-0.1, -0.05) is 70.8 Å². The fourth-order valence-electron chi connectivity index (χ4n) is 3.22. The van der Waals surface area contributed by atoms with Crippen LogP contribution in [0.4, 0.5) is 0 Å². The summed E-state index contributed by atoms with van der Waals surface area (Å²) in [7, 11) is 0. The van der Waals surface area contributed by atoms with E-state index in [4.69, 9.17) is 28.2 Å². The van der Waals surface area contributed by atoms with E-state index in [1.807, 2.05) is 12.1 Å². The van der Waals surface area contributed by atoms with Crippen molar-refractivity contribution in [2.75, 3.05) is 0 Å². The smallest absolute Gasteiger partial charge is 0.137 e. The highest BCUT2D eigenvalue weighted by Crippen LogP contribution is 2.33. The fraction of sp³-hybridized carbons (Fsp3) is 0.190. The molecule has 0 aliphatic heterocycles. The van der Waals surface area contributed by atoms with Crippen LogP contribution < -0.4 is 0 Å². The van der Waals surface area contributed by atoms with Crippen LogP contribution in [0.1, 0.15) is 30.3 Å². The number of aryl methyl sites for hydroxylation is 1. The molecular weight excluding hydrogens is 351 g/mol. The topological polar surface area (TPSA) is 17.8 Å². The number of hydrogen-bond donors (Lipinski definition) is 0. The normalized spacial score (nSPS) is 14.1. The lowest BCUT2D eigenvalue weighted by molar-refractivity contribution is 0.805. The average molecular weight is 369 g/mol. The van der Waals surface area contributed by atoms with Crippen LogP contribution in [0.2, 0.25) is 10.0 Å². The van der Waals surface area contributed by atoms with Gasteiger partial charge in [-0.3, -0.25) is 0 Å². The van der Waals surface area contributed by atoms with Crippen LogP contribution in [0.3, 0.4) is 0 Å². The highest BCUT2D eigenvalue weighted by atomic mass is 35.5. The Labute approximate surface area is 157 Å². The van der Waals surface area contributed by atoms with Crippen molar-refractivity contribution >= 4 is 39.8 Å². The predicted octanol–water partition coefficient (Wildman–Crippen LogP) is 6.43. The van der Waals surface area contributed by atoms with Gasteiger partial charge in [0, 0.05) is 6.54 Å². The van der Waals surface area contributed by atoms with Crippen molar-refractivity contribution in [2.45, 2.75) is 26.8 Å². The summed E-state index contributed by atoms with van der Waals surface area (Å²) in [5, 5.41) is 1.09. The highest BCUT2D eigenvalue weighted by Gasteiger charge is 2.18. The minimum absolute atomic E-state index is 0.537. The van der Waals surface area contributed by atoms with Gasteiger partial charge in [0.15, 0.2) is 0 Å². The lowest BCUT2D eigenvalue weighted by Gasteiger charge is -2.11. The van der Waals surface area contributed by atoms with Gasteiger partial charge >= 0.3 is 0 Å². The van der Waals surface area contributed by atoms with E-state index in [1.54, 1.807) is 0 Å². The Kier molecular flexibility index (Phi) is 4.18. The maximum Gasteiger partial charge on any atom is 0.137 e. The number of nitrogens with zero attached hydrogens (tertiary/aromatic N) is 2. The number of fused-ring (bicyclic) bond motifs is 1. The van der Waals surface area contributed by atoms with Gasteiger partial charge in [-0.05, 0) is 43.5 Å². The molecule has 0 atom stereocenters. The molecule has 2 nitrogen and oxygen atoms in total. The molecule has 3 aromatic rings. The number of hydrogen-bond acceptors (Lipinski definition) is 1. The van der Waals surface area contributed by atoms with Crippen molar-refractivity contribution in [2.24, 2.45) is 0 Å². The molecule has 0 radical (unpaired) electrons. The van der Waals surface area contributed by atoms with Crippen molar-refractivity contribution in [3.8, 4) is 0 Å². The highest BCUT2D eigenvalue weighted by molar-refractivity contribution is 6.42. The van der Waals surface area contributed by atoms with E-state index in [2.05, 4.69) is 54.8 Å². The molecule has 126 valence electrons. The largest absolute Gasteiger partial charge is 0.320 e. The second-order valence-electron chi connectivity index (χ2n) is 6.64. The van der Waals surface area contributed by atoms with Crippen LogP contribution in [0, 0.1) is 6.92 Å². The molecule has 0 unspecified atom stereocenters. The van der Waals surface area contributed by atoms with E-state index in [0.29, 0.717) is 10.0 Å². The summed E-state index contributed by atoms with van der Waals surface area (Å²) in [5.41, 5.74) is 6.96. The monoisotopic (exact) mass is 368 g/mol. The molecule has 25 heavy (non-hydrogen) atoms. The van der Waals surface area contributed by atoms with E-state index >= 15 is 0 Å². The van der Waals surface area contributed by atoms with Crippen LogP contribution in [0.25, 0.3) is 16.6 Å². The molecule has 0 N–H and O–H groups in total. The summed E-state index contributed by atoms with van der Waals surface area (Å²) in [6, 6.07) is 12.4. The fourth-order valence-corrected chi connectivity index (χ4v) is 3.53. The second-order valence-corrected chi connectivity index (χ2v) is 7.46. The number of imidazole rings is 1. The van der Waals surface area contributed by atoms with Crippen LogP contribution in [0.5, 0.6) is 0 Å². The molecule has 2 aromatic carbocycles. The molecule has 4 heteroatoms. The van der Waals surface area contributed by atoms with E-state index in [-0.39, 0.29) is 0 Å². The lowest BCUT2D eigenvalue weighted by atomic mass is 10.1. The first kappa shape index (κ1) is 16.4. The summed E-state index contributed by atoms with van der Waals surface area (Å²) < 4.78 is 2.24. The molecule has 1 aliphatic carbocycles. The van der Waals surface area contributed by atoms with Gasteiger partial charge in [0.1, 0.15) is 5.82 Å². The third kappa shape index (κ3) is 3.12. The van der Waals surface area contributed by atoms with Gasteiger partial charge in [0.25, 0.3) is 0 Å². The van der Waals surface area contributed by atoms with Crippen LogP contribution in [-0.4, -0.2) is 9.55 Å². The van der Waals surface area contributed by atoms with Gasteiger partial charge in [-0.2, -0.15) is 0 Å². The minimum atomic E-state index is 0.537. The molecule has 0 saturated heterocycles. The predicted molar refractivity (Wildman–Crippen MR) is 106 cm³/mol. The van der Waals surface area contributed by atoms with Crippen molar-refractivity contribution in [3.63, 3.8) is 0 Å². The second kappa shape index (κ2) is 6.36. The third-order valence-corrected chi connectivity index (χ3v) is 5.30. The Balaban J connectivity index is 1.86. The van der Waals surface area contributed by atoms with Crippen molar-refractivity contribution in [1.29, 1.82) is 0 Å². The van der Waals surface area contributed by atoms with E-state index < -0.39 is 0 Å². The van der Waals surface area contributed by atoms with Gasteiger partial charge in [-0.25, -0.2) is 4.98 Å². The zero-order valence-corrected chi connectivity index (χ0v) is 15.7. The Bertz CT molecular complexity index is 1020. The number of aromatic nitrogens is 2. The zero-order valence-electron chi connectivity index (χ0n) is 14.2. The van der Waals surface area contributed by atoms with Crippen molar-refractivity contribution < 1.29 is 0 Å². The first-order chi connectivity index (χ1) is 12.0. The first-order valence-corrected chi connectivity index (χ1v) is 9.04. The molecule has 0 saturated carbocycles. The summed E-state index contributed by atoms with van der Waals surface area (Å²) in [6.07, 6.45) is 5.24. The Morgan fingerprint density at radius 2 is 1.72 bits per heavy atom. The van der Waals surface area contributed by atoms with Crippen LogP contribution in [0.15, 0.2) is 54.1 Å².